The maximum absolute atomic E-state index is 12.6. The molecule has 0 radical (unpaired) electrons. The van der Waals surface area contributed by atoms with Crippen LogP contribution in [0.1, 0.15) is 15.9 Å². The molecule has 8 nitrogen and oxygen atoms in total. The second-order valence-corrected chi connectivity index (χ2v) is 10.0. The van der Waals surface area contributed by atoms with Crippen molar-refractivity contribution in [2.75, 3.05) is 18.8 Å². The number of nitrogens with zero attached hydrogens (tertiary/aromatic N) is 1. The van der Waals surface area contributed by atoms with Gasteiger partial charge in [0.15, 0.2) is 0 Å². The lowest BCUT2D eigenvalue weighted by Crippen LogP contribution is -2.23. The number of carboxylic acids is 1. The Hall–Kier alpha value is -2.14. The molecule has 0 aliphatic carbocycles. The quantitative estimate of drug-likeness (QED) is 0.722. The van der Waals surface area contributed by atoms with E-state index in [1.165, 1.54) is 32.3 Å². The third kappa shape index (κ3) is 4.41. The summed E-state index contributed by atoms with van der Waals surface area (Å²) in [7, 11) is -5.20. The summed E-state index contributed by atoms with van der Waals surface area (Å²) >= 11 is 5.75. The number of sulfonamides is 2. The highest BCUT2D eigenvalue weighted by Crippen LogP contribution is 2.26. The number of nitrogens with one attached hydrogen (secondary N) is 1. The first-order chi connectivity index (χ1) is 12.4. The Morgan fingerprint density at radius 3 is 2.26 bits per heavy atom. The molecule has 0 fully saturated rings. The molecule has 0 saturated heterocycles. The first-order valence-electron chi connectivity index (χ1n) is 7.45. The summed E-state index contributed by atoms with van der Waals surface area (Å²) in [6, 6.07) is 7.34. The molecule has 0 unspecified atom stereocenters. The summed E-state index contributed by atoms with van der Waals surface area (Å²) in [6.45, 7) is 1.59. The van der Waals surface area contributed by atoms with Gasteiger partial charge in [0.05, 0.1) is 26.1 Å². The van der Waals surface area contributed by atoms with E-state index in [2.05, 4.69) is 4.72 Å². The molecule has 11 heteroatoms. The van der Waals surface area contributed by atoms with Gasteiger partial charge in [0.25, 0.3) is 10.0 Å². The lowest BCUT2D eigenvalue weighted by Gasteiger charge is -2.15. The molecule has 0 spiro atoms. The van der Waals surface area contributed by atoms with Crippen molar-refractivity contribution in [2.45, 2.75) is 16.7 Å². The molecule has 0 aromatic heterocycles. The first-order valence-corrected chi connectivity index (χ1v) is 10.8. The molecule has 0 bridgehead atoms. The maximum Gasteiger partial charge on any atom is 0.337 e. The van der Waals surface area contributed by atoms with Crippen LogP contribution in [0.25, 0.3) is 0 Å². The van der Waals surface area contributed by atoms with E-state index in [1.807, 2.05) is 0 Å². The van der Waals surface area contributed by atoms with Crippen LogP contribution in [0.2, 0.25) is 5.02 Å². The molecule has 2 N–H and O–H groups in total. The van der Waals surface area contributed by atoms with E-state index in [4.69, 9.17) is 16.7 Å². The molecule has 0 aliphatic rings. The van der Waals surface area contributed by atoms with E-state index >= 15 is 0 Å². The summed E-state index contributed by atoms with van der Waals surface area (Å²) in [4.78, 5) is 10.8. The predicted molar refractivity (Wildman–Crippen MR) is 101 cm³/mol. The van der Waals surface area contributed by atoms with Gasteiger partial charge in [-0.25, -0.2) is 25.9 Å². The number of anilines is 1. The van der Waals surface area contributed by atoms with Crippen molar-refractivity contribution in [1.29, 1.82) is 0 Å². The van der Waals surface area contributed by atoms with E-state index in [0.29, 0.717) is 5.56 Å². The SMILES string of the molecule is Cc1ccc(NS(=O)(=O)c2ccc(Cl)c(C(=O)O)c2)cc1S(=O)(=O)N(C)C. The van der Waals surface area contributed by atoms with Gasteiger partial charge in [-0.2, -0.15) is 0 Å². The normalized spacial score (nSPS) is 12.2. The number of hydrogen-bond donors (Lipinski definition) is 2. The van der Waals surface area contributed by atoms with Crippen molar-refractivity contribution < 1.29 is 26.7 Å². The van der Waals surface area contributed by atoms with Crippen LogP contribution in [0.15, 0.2) is 46.2 Å². The number of benzene rings is 2. The van der Waals surface area contributed by atoms with Gasteiger partial charge in [-0.3, -0.25) is 4.72 Å². The molecule has 0 atom stereocenters. The van der Waals surface area contributed by atoms with Crippen LogP contribution in [0.3, 0.4) is 0 Å². The zero-order chi connectivity index (χ0) is 20.6. The van der Waals surface area contributed by atoms with Gasteiger partial charge in [-0.1, -0.05) is 17.7 Å². The zero-order valence-electron chi connectivity index (χ0n) is 14.6. The van der Waals surface area contributed by atoms with Gasteiger partial charge < -0.3 is 5.11 Å². The Bertz CT molecular complexity index is 1110. The third-order valence-electron chi connectivity index (χ3n) is 3.68. The zero-order valence-corrected chi connectivity index (χ0v) is 17.0. The second-order valence-electron chi connectivity index (χ2n) is 5.82. The van der Waals surface area contributed by atoms with Crippen molar-refractivity contribution >= 4 is 43.3 Å². The van der Waals surface area contributed by atoms with Crippen LogP contribution in [-0.4, -0.2) is 46.3 Å². The van der Waals surface area contributed by atoms with Gasteiger partial charge >= 0.3 is 5.97 Å². The number of carboxylic acid groups (broad SMARTS) is 1. The van der Waals surface area contributed by atoms with Crippen molar-refractivity contribution in [1.82, 2.24) is 4.31 Å². The average molecular weight is 433 g/mol. The Kier molecular flexibility index (Phi) is 5.85. The number of carbonyl (C=O) groups is 1. The molecule has 146 valence electrons. The average Bonchev–Trinajstić information content (AvgIpc) is 2.56. The van der Waals surface area contributed by atoms with Crippen LogP contribution in [0.4, 0.5) is 5.69 Å². The summed E-state index contributed by atoms with van der Waals surface area (Å²) < 4.78 is 53.1. The minimum absolute atomic E-state index is 0.0212. The smallest absolute Gasteiger partial charge is 0.337 e. The van der Waals surface area contributed by atoms with Gasteiger partial charge in [0, 0.05) is 14.1 Å². The molecule has 2 aromatic rings. The fourth-order valence-corrected chi connectivity index (χ4v) is 4.61. The van der Waals surface area contributed by atoms with E-state index in [9.17, 15) is 21.6 Å². The third-order valence-corrected chi connectivity index (χ3v) is 7.34. The Morgan fingerprint density at radius 1 is 1.07 bits per heavy atom. The minimum Gasteiger partial charge on any atom is -0.478 e. The van der Waals surface area contributed by atoms with Crippen LogP contribution >= 0.6 is 11.6 Å². The highest BCUT2D eigenvalue weighted by Gasteiger charge is 2.22. The summed E-state index contributed by atoms with van der Waals surface area (Å²) in [5, 5.41) is 8.98. The van der Waals surface area contributed by atoms with E-state index in [-0.39, 0.29) is 26.1 Å². The molecule has 27 heavy (non-hydrogen) atoms. The van der Waals surface area contributed by atoms with Gasteiger partial charge in [0.2, 0.25) is 10.0 Å². The number of aryl methyl sites for hydroxylation is 1. The Labute approximate surface area is 162 Å². The second kappa shape index (κ2) is 7.47. The molecule has 2 rings (SSSR count). The number of hydrogen-bond acceptors (Lipinski definition) is 5. The summed E-state index contributed by atoms with van der Waals surface area (Å²) in [5.41, 5.74) is 0.110. The monoisotopic (exact) mass is 432 g/mol. The fourth-order valence-electron chi connectivity index (χ4n) is 2.19. The minimum atomic E-state index is -4.16. The Morgan fingerprint density at radius 2 is 1.70 bits per heavy atom. The van der Waals surface area contributed by atoms with Crippen molar-refractivity contribution in [3.05, 3.63) is 52.5 Å². The Balaban J connectivity index is 2.48. The standard InChI is InChI=1S/C16H17ClN2O6S2/c1-10-4-5-11(8-15(10)27(24,25)19(2)3)18-26(22,23)12-6-7-14(17)13(9-12)16(20)21/h4-9,18H,1-3H3,(H,20,21). The number of rotatable bonds is 6. The van der Waals surface area contributed by atoms with Gasteiger partial charge in [0.1, 0.15) is 0 Å². The van der Waals surface area contributed by atoms with Gasteiger partial charge in [-0.05, 0) is 42.8 Å². The van der Waals surface area contributed by atoms with E-state index in [0.717, 1.165) is 22.5 Å². The predicted octanol–water partition coefficient (Wildman–Crippen LogP) is 2.40. The molecule has 0 amide bonds. The lowest BCUT2D eigenvalue weighted by atomic mass is 10.2. The first kappa shape index (κ1) is 21.2. The number of aromatic carboxylic acids is 1. The summed E-state index contributed by atoms with van der Waals surface area (Å²) in [5.74, 6) is -1.37. The van der Waals surface area contributed by atoms with Crippen LogP contribution < -0.4 is 4.72 Å². The molecule has 0 saturated carbocycles. The largest absolute Gasteiger partial charge is 0.478 e. The maximum atomic E-state index is 12.6. The molecule has 0 heterocycles. The van der Waals surface area contributed by atoms with Crippen LogP contribution in [0, 0.1) is 6.92 Å². The molecule has 0 aliphatic heterocycles. The lowest BCUT2D eigenvalue weighted by molar-refractivity contribution is 0.0697. The molecular weight excluding hydrogens is 416 g/mol. The summed E-state index contributed by atoms with van der Waals surface area (Å²) in [6.07, 6.45) is 0. The van der Waals surface area contributed by atoms with Crippen LogP contribution in [0.5, 0.6) is 0 Å². The van der Waals surface area contributed by atoms with Crippen molar-refractivity contribution in [3.63, 3.8) is 0 Å². The highest BCUT2D eigenvalue weighted by molar-refractivity contribution is 7.92. The molecule has 2 aromatic carbocycles. The van der Waals surface area contributed by atoms with E-state index in [1.54, 1.807) is 6.92 Å². The number of halogens is 1. The van der Waals surface area contributed by atoms with Crippen molar-refractivity contribution in [3.8, 4) is 0 Å². The van der Waals surface area contributed by atoms with Crippen LogP contribution in [-0.2, 0) is 20.0 Å². The molecular formula is C16H17ClN2O6S2. The van der Waals surface area contributed by atoms with E-state index < -0.39 is 26.0 Å². The van der Waals surface area contributed by atoms with Gasteiger partial charge in [-0.15, -0.1) is 0 Å². The highest BCUT2D eigenvalue weighted by atomic mass is 35.5. The van der Waals surface area contributed by atoms with Crippen molar-refractivity contribution in [2.24, 2.45) is 0 Å². The topological polar surface area (TPSA) is 121 Å². The fraction of sp³-hybridized carbons (Fsp3) is 0.188.